The molecule has 7 heteroatoms. The third-order valence-electron chi connectivity index (χ3n) is 3.14. The Morgan fingerprint density at radius 1 is 1.04 bits per heavy atom. The van der Waals surface area contributed by atoms with E-state index in [0.717, 1.165) is 11.1 Å². The van der Waals surface area contributed by atoms with Crippen molar-refractivity contribution in [3.8, 4) is 10.6 Å². The number of rotatable bonds is 3. The first-order valence-corrected chi connectivity index (χ1v) is 7.67. The number of carbonyl (C=O) groups excluding carboxylic acids is 1. The monoisotopic (exact) mass is 328 g/mol. The van der Waals surface area contributed by atoms with E-state index in [1.54, 1.807) is 12.1 Å². The lowest BCUT2D eigenvalue weighted by Gasteiger charge is -2.05. The van der Waals surface area contributed by atoms with Crippen LogP contribution in [0.15, 0.2) is 48.5 Å². The summed E-state index contributed by atoms with van der Waals surface area (Å²) in [6, 6.07) is 13.2. The molecule has 0 spiro atoms. The lowest BCUT2D eigenvalue weighted by atomic mass is 10.1. The van der Waals surface area contributed by atoms with Crippen molar-refractivity contribution in [2.45, 2.75) is 6.92 Å². The minimum absolute atomic E-state index is 0.105. The third-order valence-corrected chi connectivity index (χ3v) is 4.01. The number of carbonyl (C=O) groups is 1. The molecule has 1 heterocycles. The Labute approximate surface area is 136 Å². The van der Waals surface area contributed by atoms with E-state index < -0.39 is 11.8 Å². The molecule has 0 unspecified atom stereocenters. The van der Waals surface area contributed by atoms with Gasteiger partial charge in [-0.2, -0.15) is 0 Å². The summed E-state index contributed by atoms with van der Waals surface area (Å²) in [7, 11) is 0. The van der Waals surface area contributed by atoms with E-state index in [4.69, 9.17) is 0 Å². The average Bonchev–Trinajstić information content (AvgIpc) is 2.98. The number of aryl methyl sites for hydroxylation is 1. The van der Waals surface area contributed by atoms with Crippen LogP contribution in [-0.2, 0) is 0 Å². The number of para-hydroxylation sites is 1. The van der Waals surface area contributed by atoms with E-state index in [0.29, 0.717) is 10.1 Å². The fourth-order valence-corrected chi connectivity index (χ4v) is 2.84. The van der Waals surface area contributed by atoms with Gasteiger partial charge < -0.3 is 5.32 Å². The second-order valence-corrected chi connectivity index (χ2v) is 5.76. The topological polar surface area (TPSA) is 66.9 Å². The predicted molar refractivity (Wildman–Crippen MR) is 89.1 cm³/mol. The van der Waals surface area contributed by atoms with Crippen LogP contribution in [0.2, 0.25) is 0 Å². The maximum atomic E-state index is 13.5. The number of aromatic nitrogens is 2. The van der Waals surface area contributed by atoms with E-state index in [9.17, 15) is 9.18 Å². The fraction of sp³-hybridized carbons (Fsp3) is 0.0625. The molecule has 1 aromatic heterocycles. The molecule has 2 N–H and O–H groups in total. The van der Waals surface area contributed by atoms with Gasteiger partial charge in [0.15, 0.2) is 0 Å². The first kappa shape index (κ1) is 15.1. The van der Waals surface area contributed by atoms with Gasteiger partial charge in [-0.15, -0.1) is 10.2 Å². The lowest BCUT2D eigenvalue weighted by Crippen LogP contribution is -2.19. The first-order valence-electron chi connectivity index (χ1n) is 6.85. The summed E-state index contributed by atoms with van der Waals surface area (Å²) in [6.07, 6.45) is 0. The van der Waals surface area contributed by atoms with Crippen LogP contribution in [0.25, 0.3) is 10.6 Å². The number of amides is 2. The number of hydrogen-bond donors (Lipinski definition) is 2. The van der Waals surface area contributed by atoms with Gasteiger partial charge in [-0.25, -0.2) is 9.18 Å². The van der Waals surface area contributed by atoms with E-state index >= 15 is 0 Å². The fourth-order valence-electron chi connectivity index (χ4n) is 2.01. The number of nitrogens with one attached hydrogen (secondary N) is 2. The summed E-state index contributed by atoms with van der Waals surface area (Å²) in [5.74, 6) is -0.500. The van der Waals surface area contributed by atoms with Gasteiger partial charge in [-0.3, -0.25) is 5.32 Å². The molecule has 5 nitrogen and oxygen atoms in total. The molecule has 2 aromatic carbocycles. The largest absolute Gasteiger partial charge is 0.325 e. The van der Waals surface area contributed by atoms with Crippen molar-refractivity contribution in [2.24, 2.45) is 0 Å². The third kappa shape index (κ3) is 3.51. The number of nitrogens with zero attached hydrogens (tertiary/aromatic N) is 2. The van der Waals surface area contributed by atoms with Crippen molar-refractivity contribution in [1.29, 1.82) is 0 Å². The Bertz CT molecular complexity index is 849. The lowest BCUT2D eigenvalue weighted by molar-refractivity contribution is 0.262. The number of anilines is 2. The highest BCUT2D eigenvalue weighted by Crippen LogP contribution is 2.28. The van der Waals surface area contributed by atoms with Crippen molar-refractivity contribution in [1.82, 2.24) is 10.2 Å². The van der Waals surface area contributed by atoms with Crippen LogP contribution in [0.1, 0.15) is 5.56 Å². The quantitative estimate of drug-likeness (QED) is 0.753. The Morgan fingerprint density at radius 2 is 1.78 bits per heavy atom. The predicted octanol–water partition coefficient (Wildman–Crippen LogP) is 4.30. The molecule has 23 heavy (non-hydrogen) atoms. The number of hydrogen-bond acceptors (Lipinski definition) is 4. The molecule has 2 amide bonds. The van der Waals surface area contributed by atoms with E-state index in [-0.39, 0.29) is 5.69 Å². The van der Waals surface area contributed by atoms with Gasteiger partial charge in [0.2, 0.25) is 5.13 Å². The molecule has 0 radical (unpaired) electrons. The van der Waals surface area contributed by atoms with Crippen LogP contribution in [-0.4, -0.2) is 16.2 Å². The average molecular weight is 328 g/mol. The SMILES string of the molecule is Cc1ccccc1-c1nnc(NC(=O)Nc2ccccc2F)s1. The van der Waals surface area contributed by atoms with Crippen LogP contribution >= 0.6 is 11.3 Å². The van der Waals surface area contributed by atoms with E-state index in [1.165, 1.54) is 23.5 Å². The minimum Gasteiger partial charge on any atom is -0.305 e. The molecule has 0 aliphatic heterocycles. The Morgan fingerprint density at radius 3 is 2.57 bits per heavy atom. The van der Waals surface area contributed by atoms with E-state index in [2.05, 4.69) is 20.8 Å². The van der Waals surface area contributed by atoms with Gasteiger partial charge >= 0.3 is 6.03 Å². The molecule has 0 aliphatic carbocycles. The second kappa shape index (κ2) is 6.53. The zero-order valence-corrected chi connectivity index (χ0v) is 13.0. The standard InChI is InChI=1S/C16H13FN4OS/c1-10-6-2-3-7-11(10)14-20-21-16(23-14)19-15(22)18-13-9-5-4-8-12(13)17/h2-9H,1H3,(H2,18,19,21,22). The molecule has 3 rings (SSSR count). The molecule has 116 valence electrons. The number of benzene rings is 2. The van der Waals surface area contributed by atoms with E-state index in [1.807, 2.05) is 31.2 Å². The van der Waals surface area contributed by atoms with Crippen LogP contribution in [0.4, 0.5) is 20.0 Å². The molecule has 0 bridgehead atoms. The van der Waals surface area contributed by atoms with Crippen LogP contribution < -0.4 is 10.6 Å². The minimum atomic E-state index is -0.567. The molecular weight excluding hydrogens is 315 g/mol. The van der Waals surface area contributed by atoms with Crippen molar-refractivity contribution >= 4 is 28.2 Å². The normalized spacial score (nSPS) is 10.3. The summed E-state index contributed by atoms with van der Waals surface area (Å²) >= 11 is 1.26. The van der Waals surface area contributed by atoms with Gasteiger partial charge in [-0.1, -0.05) is 47.7 Å². The molecule has 0 saturated carbocycles. The second-order valence-electron chi connectivity index (χ2n) is 4.79. The molecule has 0 saturated heterocycles. The molecule has 3 aromatic rings. The first-order chi connectivity index (χ1) is 11.1. The zero-order chi connectivity index (χ0) is 16.2. The van der Waals surface area contributed by atoms with Crippen LogP contribution in [0.5, 0.6) is 0 Å². The van der Waals surface area contributed by atoms with Crippen molar-refractivity contribution in [3.63, 3.8) is 0 Å². The molecule has 0 atom stereocenters. The van der Waals surface area contributed by atoms with Gasteiger partial charge in [0.25, 0.3) is 0 Å². The van der Waals surface area contributed by atoms with Gasteiger partial charge in [-0.05, 0) is 24.6 Å². The maximum Gasteiger partial charge on any atom is 0.325 e. The van der Waals surface area contributed by atoms with Crippen molar-refractivity contribution in [3.05, 3.63) is 59.9 Å². The maximum absolute atomic E-state index is 13.5. The summed E-state index contributed by atoms with van der Waals surface area (Å²) < 4.78 is 13.5. The number of halogens is 1. The van der Waals surface area contributed by atoms with Gasteiger partial charge in [0, 0.05) is 5.56 Å². The Kier molecular flexibility index (Phi) is 4.29. The summed E-state index contributed by atoms with van der Waals surface area (Å²) in [4.78, 5) is 11.9. The highest BCUT2D eigenvalue weighted by atomic mass is 32.1. The van der Waals surface area contributed by atoms with Crippen LogP contribution in [0, 0.1) is 12.7 Å². The highest BCUT2D eigenvalue weighted by Gasteiger charge is 2.12. The van der Waals surface area contributed by atoms with Crippen LogP contribution in [0.3, 0.4) is 0 Å². The van der Waals surface area contributed by atoms with Crippen molar-refractivity contribution in [2.75, 3.05) is 10.6 Å². The molecule has 0 fully saturated rings. The molecule has 0 aliphatic rings. The summed E-state index contributed by atoms with van der Waals surface area (Å²) in [6.45, 7) is 1.98. The smallest absolute Gasteiger partial charge is 0.305 e. The zero-order valence-electron chi connectivity index (χ0n) is 12.2. The van der Waals surface area contributed by atoms with Crippen molar-refractivity contribution < 1.29 is 9.18 Å². The molecular formula is C16H13FN4OS. The Hall–Kier alpha value is -2.80. The van der Waals surface area contributed by atoms with Gasteiger partial charge in [0.05, 0.1) is 5.69 Å². The Balaban J connectivity index is 1.71. The van der Waals surface area contributed by atoms with Gasteiger partial charge in [0.1, 0.15) is 10.8 Å². The number of urea groups is 1. The summed E-state index contributed by atoms with van der Waals surface area (Å²) in [5, 5.41) is 14.1. The summed E-state index contributed by atoms with van der Waals surface area (Å²) in [5.41, 5.74) is 2.15. The highest BCUT2D eigenvalue weighted by molar-refractivity contribution is 7.18.